The summed E-state index contributed by atoms with van der Waals surface area (Å²) in [5, 5.41) is 10.5. The van der Waals surface area contributed by atoms with Crippen molar-refractivity contribution in [3.05, 3.63) is 63.6 Å². The highest BCUT2D eigenvalue weighted by molar-refractivity contribution is 6.31. The van der Waals surface area contributed by atoms with Crippen molar-refractivity contribution in [2.75, 3.05) is 0 Å². The van der Waals surface area contributed by atoms with Crippen LogP contribution in [-0.4, -0.2) is 10.1 Å². The number of aliphatic hydroxyl groups is 1. The maximum atomic E-state index is 13.3. The first-order chi connectivity index (χ1) is 8.58. The zero-order valence-corrected chi connectivity index (χ0v) is 10.8. The Morgan fingerprint density at radius 1 is 1.22 bits per heavy atom. The highest BCUT2D eigenvalue weighted by atomic mass is 35.5. The van der Waals surface area contributed by atoms with Crippen molar-refractivity contribution in [2.24, 2.45) is 0 Å². The minimum atomic E-state index is -0.805. The van der Waals surface area contributed by atoms with Gasteiger partial charge in [0.05, 0.1) is 16.1 Å². The van der Waals surface area contributed by atoms with Crippen molar-refractivity contribution in [1.82, 2.24) is 4.98 Å². The van der Waals surface area contributed by atoms with Crippen LogP contribution in [0.3, 0.4) is 0 Å². The van der Waals surface area contributed by atoms with E-state index in [2.05, 4.69) is 4.98 Å². The number of hydrogen-bond acceptors (Lipinski definition) is 2. The molecule has 0 aliphatic rings. The van der Waals surface area contributed by atoms with E-state index in [1.54, 1.807) is 18.3 Å². The monoisotopic (exact) mass is 285 g/mol. The first-order valence-electron chi connectivity index (χ1n) is 5.29. The van der Waals surface area contributed by atoms with Crippen LogP contribution in [0.15, 0.2) is 36.7 Å². The standard InChI is InChI=1S/C13H10Cl2FNO/c14-10-2-1-8(5-12(10)16)6-13(18)9-3-4-17-7-11(9)15/h1-5,7,13,18H,6H2. The first kappa shape index (κ1) is 13.3. The lowest BCUT2D eigenvalue weighted by atomic mass is 10.0. The molecule has 1 aromatic carbocycles. The third-order valence-corrected chi connectivity index (χ3v) is 3.20. The fourth-order valence-electron chi connectivity index (χ4n) is 1.66. The minimum absolute atomic E-state index is 0.0650. The van der Waals surface area contributed by atoms with E-state index in [-0.39, 0.29) is 11.4 Å². The number of halogens is 3. The predicted molar refractivity (Wildman–Crippen MR) is 69.3 cm³/mol. The fourth-order valence-corrected chi connectivity index (χ4v) is 2.02. The molecule has 0 saturated heterocycles. The summed E-state index contributed by atoms with van der Waals surface area (Å²) >= 11 is 11.5. The Morgan fingerprint density at radius 2 is 2.00 bits per heavy atom. The number of hydrogen-bond donors (Lipinski definition) is 1. The molecule has 0 aliphatic heterocycles. The largest absolute Gasteiger partial charge is 0.388 e. The molecular formula is C13H10Cl2FNO. The summed E-state index contributed by atoms with van der Waals surface area (Å²) in [6.45, 7) is 0. The number of nitrogens with zero attached hydrogens (tertiary/aromatic N) is 1. The van der Waals surface area contributed by atoms with E-state index in [1.807, 2.05) is 0 Å². The van der Waals surface area contributed by atoms with E-state index < -0.39 is 11.9 Å². The molecule has 1 aromatic heterocycles. The average Bonchev–Trinajstić information content (AvgIpc) is 2.34. The summed E-state index contributed by atoms with van der Waals surface area (Å²) in [7, 11) is 0. The van der Waals surface area contributed by atoms with Gasteiger partial charge in [0, 0.05) is 24.4 Å². The number of aromatic nitrogens is 1. The Morgan fingerprint density at radius 3 is 2.67 bits per heavy atom. The number of pyridine rings is 1. The van der Waals surface area contributed by atoms with Gasteiger partial charge in [0.1, 0.15) is 5.82 Å². The van der Waals surface area contributed by atoms with Gasteiger partial charge in [-0.1, -0.05) is 29.3 Å². The van der Waals surface area contributed by atoms with Crippen molar-refractivity contribution in [3.8, 4) is 0 Å². The molecule has 0 bridgehead atoms. The van der Waals surface area contributed by atoms with Crippen LogP contribution in [0.25, 0.3) is 0 Å². The normalized spacial score (nSPS) is 12.4. The maximum absolute atomic E-state index is 13.3. The van der Waals surface area contributed by atoms with Gasteiger partial charge in [-0.25, -0.2) is 4.39 Å². The Labute approximate surface area is 114 Å². The van der Waals surface area contributed by atoms with Gasteiger partial charge in [0.2, 0.25) is 0 Å². The zero-order valence-electron chi connectivity index (χ0n) is 9.28. The summed E-state index contributed by atoms with van der Waals surface area (Å²) in [6, 6.07) is 6.08. The van der Waals surface area contributed by atoms with Crippen molar-refractivity contribution < 1.29 is 9.50 Å². The van der Waals surface area contributed by atoms with E-state index in [0.717, 1.165) is 0 Å². The van der Waals surface area contributed by atoms with Crippen LogP contribution in [0.1, 0.15) is 17.2 Å². The second kappa shape index (κ2) is 5.65. The van der Waals surface area contributed by atoms with Crippen molar-refractivity contribution >= 4 is 23.2 Å². The van der Waals surface area contributed by atoms with Gasteiger partial charge in [-0.2, -0.15) is 0 Å². The molecule has 1 heterocycles. The van der Waals surface area contributed by atoms with E-state index in [1.165, 1.54) is 18.3 Å². The summed E-state index contributed by atoms with van der Waals surface area (Å²) in [5.74, 6) is -0.498. The van der Waals surface area contributed by atoms with Crippen LogP contribution in [-0.2, 0) is 6.42 Å². The SMILES string of the molecule is OC(Cc1ccc(Cl)c(F)c1)c1ccncc1Cl. The molecule has 1 unspecified atom stereocenters. The number of rotatable bonds is 3. The fraction of sp³-hybridized carbons (Fsp3) is 0.154. The zero-order chi connectivity index (χ0) is 13.1. The Bertz CT molecular complexity index is 562. The van der Waals surface area contributed by atoms with E-state index in [0.29, 0.717) is 16.1 Å². The molecule has 0 spiro atoms. The molecule has 18 heavy (non-hydrogen) atoms. The molecular weight excluding hydrogens is 276 g/mol. The number of benzene rings is 1. The molecule has 94 valence electrons. The molecule has 1 atom stereocenters. The third-order valence-electron chi connectivity index (χ3n) is 2.58. The average molecular weight is 286 g/mol. The van der Waals surface area contributed by atoms with E-state index >= 15 is 0 Å². The first-order valence-corrected chi connectivity index (χ1v) is 6.05. The molecule has 0 fully saturated rings. The Balaban J connectivity index is 2.19. The second-order valence-electron chi connectivity index (χ2n) is 3.87. The highest BCUT2D eigenvalue weighted by Crippen LogP contribution is 2.25. The predicted octanol–water partition coefficient (Wildman–Crippen LogP) is 3.80. The van der Waals surface area contributed by atoms with Crippen LogP contribution < -0.4 is 0 Å². The van der Waals surface area contributed by atoms with Crippen LogP contribution >= 0.6 is 23.2 Å². The van der Waals surface area contributed by atoms with Crippen molar-refractivity contribution in [1.29, 1.82) is 0 Å². The molecule has 0 amide bonds. The van der Waals surface area contributed by atoms with Crippen LogP contribution in [0.4, 0.5) is 4.39 Å². The minimum Gasteiger partial charge on any atom is -0.388 e. The summed E-state index contributed by atoms with van der Waals surface area (Å²) in [6.07, 6.45) is 2.47. The van der Waals surface area contributed by atoms with Crippen LogP contribution in [0, 0.1) is 5.82 Å². The molecule has 5 heteroatoms. The molecule has 2 nitrogen and oxygen atoms in total. The summed E-state index contributed by atoms with van der Waals surface area (Å²) in [5.41, 5.74) is 1.22. The highest BCUT2D eigenvalue weighted by Gasteiger charge is 2.13. The van der Waals surface area contributed by atoms with Gasteiger partial charge in [-0.05, 0) is 23.8 Å². The van der Waals surface area contributed by atoms with Gasteiger partial charge in [0.25, 0.3) is 0 Å². The van der Waals surface area contributed by atoms with Gasteiger partial charge < -0.3 is 5.11 Å². The Kier molecular flexibility index (Phi) is 4.17. The maximum Gasteiger partial charge on any atom is 0.142 e. The van der Waals surface area contributed by atoms with Crippen LogP contribution in [0.5, 0.6) is 0 Å². The molecule has 0 aliphatic carbocycles. The Hall–Kier alpha value is -1.16. The molecule has 2 rings (SSSR count). The van der Waals surface area contributed by atoms with Gasteiger partial charge in [-0.3, -0.25) is 4.98 Å². The van der Waals surface area contributed by atoms with Gasteiger partial charge >= 0.3 is 0 Å². The summed E-state index contributed by atoms with van der Waals surface area (Å²) < 4.78 is 13.3. The second-order valence-corrected chi connectivity index (χ2v) is 4.68. The quantitative estimate of drug-likeness (QED) is 0.930. The van der Waals surface area contributed by atoms with E-state index in [4.69, 9.17) is 23.2 Å². The molecule has 0 saturated carbocycles. The van der Waals surface area contributed by atoms with Crippen molar-refractivity contribution in [3.63, 3.8) is 0 Å². The molecule has 0 radical (unpaired) electrons. The lowest BCUT2D eigenvalue weighted by Gasteiger charge is -2.12. The summed E-state index contributed by atoms with van der Waals surface area (Å²) in [4.78, 5) is 3.84. The van der Waals surface area contributed by atoms with Crippen LogP contribution in [0.2, 0.25) is 10.0 Å². The number of aliphatic hydroxyl groups excluding tert-OH is 1. The lowest BCUT2D eigenvalue weighted by Crippen LogP contribution is -2.03. The molecule has 2 aromatic rings. The van der Waals surface area contributed by atoms with Crippen molar-refractivity contribution in [2.45, 2.75) is 12.5 Å². The topological polar surface area (TPSA) is 33.1 Å². The third kappa shape index (κ3) is 2.99. The lowest BCUT2D eigenvalue weighted by molar-refractivity contribution is 0.178. The van der Waals surface area contributed by atoms with E-state index in [9.17, 15) is 9.50 Å². The molecule has 1 N–H and O–H groups in total. The van der Waals surface area contributed by atoms with Gasteiger partial charge in [0.15, 0.2) is 0 Å². The smallest absolute Gasteiger partial charge is 0.142 e. The van der Waals surface area contributed by atoms with Gasteiger partial charge in [-0.15, -0.1) is 0 Å².